The van der Waals surface area contributed by atoms with Crippen molar-refractivity contribution in [3.8, 4) is 5.75 Å². The van der Waals surface area contributed by atoms with Crippen LogP contribution in [-0.2, 0) is 19.6 Å². The SMILES string of the molecule is Cc1ccc(S(=O)(=O)Nc2ccc(O)c([C@H](C(=O)C(C)C)C(=O)C(F)(F)F)c2)cc1[N+](=O)[O-]. The van der Waals surface area contributed by atoms with Gasteiger partial charge in [-0.2, -0.15) is 13.2 Å². The second-order valence-electron chi connectivity index (χ2n) is 7.44. The van der Waals surface area contributed by atoms with E-state index in [9.17, 15) is 46.4 Å². The number of phenolic OH excluding ortho intramolecular Hbond substituents is 1. The Morgan fingerprint density at radius 3 is 2.24 bits per heavy atom. The van der Waals surface area contributed by atoms with Gasteiger partial charge < -0.3 is 5.11 Å². The third-order valence-corrected chi connectivity index (χ3v) is 6.05. The van der Waals surface area contributed by atoms with Crippen molar-refractivity contribution >= 4 is 33.0 Å². The molecule has 0 aliphatic carbocycles. The highest BCUT2D eigenvalue weighted by atomic mass is 32.2. The van der Waals surface area contributed by atoms with Crippen molar-refractivity contribution in [3.63, 3.8) is 0 Å². The molecule has 0 bridgehead atoms. The molecule has 0 radical (unpaired) electrons. The zero-order valence-electron chi connectivity index (χ0n) is 17.5. The molecule has 0 heterocycles. The molecule has 13 heteroatoms. The summed E-state index contributed by atoms with van der Waals surface area (Å²) in [6.45, 7) is 3.94. The maximum absolute atomic E-state index is 13.1. The lowest BCUT2D eigenvalue weighted by Gasteiger charge is -2.20. The van der Waals surface area contributed by atoms with Crippen molar-refractivity contribution in [1.29, 1.82) is 0 Å². The van der Waals surface area contributed by atoms with Gasteiger partial charge in [0.15, 0.2) is 5.78 Å². The monoisotopic (exact) mass is 488 g/mol. The first kappa shape index (κ1) is 25.8. The zero-order valence-corrected chi connectivity index (χ0v) is 18.3. The number of aromatic hydroxyl groups is 1. The van der Waals surface area contributed by atoms with E-state index in [-0.39, 0.29) is 11.3 Å². The van der Waals surface area contributed by atoms with Crippen molar-refractivity contribution in [2.75, 3.05) is 4.72 Å². The lowest BCUT2D eigenvalue weighted by molar-refractivity contribution is -0.385. The van der Waals surface area contributed by atoms with E-state index in [2.05, 4.69) is 0 Å². The minimum atomic E-state index is -5.39. The van der Waals surface area contributed by atoms with Crippen LogP contribution in [0.2, 0.25) is 0 Å². The fraction of sp³-hybridized carbons (Fsp3) is 0.300. The van der Waals surface area contributed by atoms with Crippen molar-refractivity contribution < 1.29 is 41.2 Å². The molecule has 0 spiro atoms. The van der Waals surface area contributed by atoms with Gasteiger partial charge in [-0.1, -0.05) is 19.9 Å². The summed E-state index contributed by atoms with van der Waals surface area (Å²) in [5.74, 6) is -7.77. The number of halogens is 3. The van der Waals surface area contributed by atoms with Crippen molar-refractivity contribution in [1.82, 2.24) is 0 Å². The smallest absolute Gasteiger partial charge is 0.451 e. The summed E-state index contributed by atoms with van der Waals surface area (Å²) in [6.07, 6.45) is -5.39. The molecular weight excluding hydrogens is 469 g/mol. The highest BCUT2D eigenvalue weighted by Crippen LogP contribution is 2.36. The Balaban J connectivity index is 2.55. The molecule has 178 valence electrons. The minimum absolute atomic E-state index is 0.201. The number of nitrogens with zero attached hydrogens (tertiary/aromatic N) is 1. The molecule has 2 N–H and O–H groups in total. The zero-order chi connectivity index (χ0) is 25.3. The van der Waals surface area contributed by atoms with Gasteiger partial charge in [0, 0.05) is 28.8 Å². The summed E-state index contributed by atoms with van der Waals surface area (Å²) < 4.78 is 66.7. The van der Waals surface area contributed by atoms with E-state index < -0.39 is 66.4 Å². The summed E-state index contributed by atoms with van der Waals surface area (Å²) in [6, 6.07) is 5.66. The fourth-order valence-electron chi connectivity index (χ4n) is 2.94. The van der Waals surface area contributed by atoms with Crippen LogP contribution in [0.5, 0.6) is 5.75 Å². The van der Waals surface area contributed by atoms with Gasteiger partial charge in [-0.25, -0.2) is 8.42 Å². The van der Waals surface area contributed by atoms with E-state index in [4.69, 9.17) is 0 Å². The summed E-state index contributed by atoms with van der Waals surface area (Å²) in [5, 5.41) is 21.2. The van der Waals surface area contributed by atoms with Gasteiger partial charge in [0.25, 0.3) is 21.5 Å². The van der Waals surface area contributed by atoms with Crippen LogP contribution in [0.4, 0.5) is 24.5 Å². The van der Waals surface area contributed by atoms with Gasteiger partial charge in [-0.05, 0) is 31.2 Å². The molecule has 2 aromatic carbocycles. The number of Topliss-reactive ketones (excluding diaryl/α,β-unsaturated/α-hetero) is 2. The highest BCUT2D eigenvalue weighted by Gasteiger charge is 2.48. The number of nitrogens with one attached hydrogen (secondary N) is 1. The Bertz CT molecular complexity index is 1220. The Morgan fingerprint density at radius 2 is 1.73 bits per heavy atom. The molecule has 9 nitrogen and oxygen atoms in total. The number of ketones is 2. The Labute approximate surface area is 186 Å². The van der Waals surface area contributed by atoms with Crippen LogP contribution in [0.3, 0.4) is 0 Å². The predicted molar refractivity (Wildman–Crippen MR) is 110 cm³/mol. The van der Waals surface area contributed by atoms with Gasteiger partial charge in [0.1, 0.15) is 11.7 Å². The Morgan fingerprint density at radius 1 is 1.12 bits per heavy atom. The quantitative estimate of drug-likeness (QED) is 0.249. The lowest BCUT2D eigenvalue weighted by Crippen LogP contribution is -2.35. The second-order valence-corrected chi connectivity index (χ2v) is 9.12. The van der Waals surface area contributed by atoms with Crippen molar-refractivity contribution in [2.45, 2.75) is 37.8 Å². The van der Waals surface area contributed by atoms with Gasteiger partial charge in [0.05, 0.1) is 9.82 Å². The fourth-order valence-corrected chi connectivity index (χ4v) is 4.01. The number of alkyl halides is 3. The number of nitro groups is 1. The summed E-state index contributed by atoms with van der Waals surface area (Å²) >= 11 is 0. The first-order valence-electron chi connectivity index (χ1n) is 9.31. The first-order valence-corrected chi connectivity index (χ1v) is 10.8. The number of hydrogen-bond acceptors (Lipinski definition) is 7. The number of anilines is 1. The molecule has 2 rings (SSSR count). The number of sulfonamides is 1. The topological polar surface area (TPSA) is 144 Å². The number of rotatable bonds is 8. The average molecular weight is 488 g/mol. The molecule has 0 aliphatic heterocycles. The van der Waals surface area contributed by atoms with E-state index in [0.29, 0.717) is 0 Å². The largest absolute Gasteiger partial charge is 0.508 e. The number of nitro benzene ring substituents is 1. The van der Waals surface area contributed by atoms with Crippen LogP contribution in [0.25, 0.3) is 0 Å². The van der Waals surface area contributed by atoms with Gasteiger partial charge >= 0.3 is 6.18 Å². The van der Waals surface area contributed by atoms with E-state index >= 15 is 0 Å². The highest BCUT2D eigenvalue weighted by molar-refractivity contribution is 7.92. The van der Waals surface area contributed by atoms with E-state index in [1.165, 1.54) is 26.8 Å². The van der Waals surface area contributed by atoms with Crippen LogP contribution in [0, 0.1) is 23.0 Å². The Hall–Kier alpha value is -3.48. The molecule has 0 aromatic heterocycles. The van der Waals surface area contributed by atoms with Crippen LogP contribution < -0.4 is 4.72 Å². The normalized spacial score (nSPS) is 12.9. The van der Waals surface area contributed by atoms with E-state index in [1.54, 1.807) is 0 Å². The third kappa shape index (κ3) is 5.66. The van der Waals surface area contributed by atoms with Crippen LogP contribution in [0.1, 0.15) is 30.9 Å². The molecule has 0 amide bonds. The molecule has 1 atom stereocenters. The maximum atomic E-state index is 13.1. The first-order chi connectivity index (χ1) is 15.1. The van der Waals surface area contributed by atoms with Crippen molar-refractivity contribution in [3.05, 3.63) is 57.6 Å². The van der Waals surface area contributed by atoms with Gasteiger partial charge in [-0.15, -0.1) is 0 Å². The van der Waals surface area contributed by atoms with Crippen molar-refractivity contribution in [2.24, 2.45) is 5.92 Å². The lowest BCUT2D eigenvalue weighted by atomic mass is 9.84. The summed E-state index contributed by atoms with van der Waals surface area (Å²) in [4.78, 5) is 34.2. The van der Waals surface area contributed by atoms with Crippen LogP contribution in [-0.4, -0.2) is 36.2 Å². The molecule has 0 fully saturated rings. The van der Waals surface area contributed by atoms with E-state index in [0.717, 1.165) is 30.3 Å². The number of carbonyl (C=O) groups is 2. The third-order valence-electron chi connectivity index (χ3n) is 4.67. The molecule has 33 heavy (non-hydrogen) atoms. The van der Waals surface area contributed by atoms with Crippen LogP contribution in [0.15, 0.2) is 41.3 Å². The van der Waals surface area contributed by atoms with Crippen LogP contribution >= 0.6 is 0 Å². The summed E-state index contributed by atoms with van der Waals surface area (Å²) in [5.41, 5.74) is -1.37. The number of hydrogen-bond donors (Lipinski definition) is 2. The second kappa shape index (κ2) is 9.17. The summed E-state index contributed by atoms with van der Waals surface area (Å²) in [7, 11) is -4.45. The van der Waals surface area contributed by atoms with E-state index in [1.807, 2.05) is 4.72 Å². The number of carbonyl (C=O) groups excluding carboxylic acids is 2. The number of benzene rings is 2. The molecule has 0 unspecified atom stereocenters. The molecule has 0 saturated heterocycles. The minimum Gasteiger partial charge on any atom is -0.508 e. The number of aryl methyl sites for hydroxylation is 1. The molecular formula is C20H19F3N2O7S. The standard InChI is InChI=1S/C20H19F3N2O7S/c1-10(2)18(27)17(19(28)20(21,22)23)14-8-12(5-7-16(14)26)24-33(31,32)13-6-4-11(3)15(9-13)25(29)30/h4-10,17,24,26H,1-3H3/t17-/m1/s1. The predicted octanol–water partition coefficient (Wildman–Crippen LogP) is 3.85. The maximum Gasteiger partial charge on any atom is 0.451 e. The van der Waals surface area contributed by atoms with Gasteiger partial charge in [0.2, 0.25) is 0 Å². The molecule has 0 aliphatic rings. The Kier molecular flexibility index (Phi) is 7.17. The molecule has 2 aromatic rings. The number of phenols is 1. The average Bonchev–Trinajstić information content (AvgIpc) is 2.69. The molecule has 0 saturated carbocycles. The van der Waals surface area contributed by atoms with Gasteiger partial charge in [-0.3, -0.25) is 24.4 Å².